The molecule has 6 aromatic heterocycles. The van der Waals surface area contributed by atoms with Gasteiger partial charge in [0.1, 0.15) is 11.5 Å². The first-order valence-corrected chi connectivity index (χ1v) is 48.1. The summed E-state index contributed by atoms with van der Waals surface area (Å²) < 4.78 is 49.8. The van der Waals surface area contributed by atoms with E-state index in [1.54, 1.807) is 0 Å². The van der Waals surface area contributed by atoms with E-state index in [1.165, 1.54) is 142 Å². The summed E-state index contributed by atoms with van der Waals surface area (Å²) in [5, 5.41) is 14.6. The quantitative estimate of drug-likeness (QED) is 0.166. The number of para-hydroxylation sites is 14. The van der Waals surface area contributed by atoms with Crippen LogP contribution in [0.1, 0.15) is 44.5 Å². The lowest BCUT2D eigenvalue weighted by molar-refractivity contribution is 0.436. The largest absolute Gasteiger partial charge is 0.457 e. The van der Waals surface area contributed by atoms with Gasteiger partial charge in [-0.1, -0.05) is 267 Å². The first-order valence-electron chi connectivity index (χ1n) is 45.8. The van der Waals surface area contributed by atoms with Crippen LogP contribution in [-0.2, 0) is 28.1 Å². The molecule has 4 aliphatic rings. The van der Waals surface area contributed by atoms with Crippen LogP contribution in [0.4, 0.5) is 0 Å². The normalized spacial score (nSPS) is 13.5. The summed E-state index contributed by atoms with van der Waals surface area (Å²) in [6.07, 6.45) is 1.50. The predicted octanol–water partition coefficient (Wildman–Crippen LogP) is 30.9. The van der Waals surface area contributed by atoms with E-state index < -0.39 is 15.3 Å². The second-order valence-electron chi connectivity index (χ2n) is 35.7. The van der Waals surface area contributed by atoms with Crippen molar-refractivity contribution in [2.75, 3.05) is 0 Å². The molecule has 9 heterocycles. The molecule has 1 spiro atoms. The number of ether oxygens (including phenoxy) is 1. The molecule has 0 amide bonds. The minimum Gasteiger partial charge on any atom is -0.457 e. The van der Waals surface area contributed by atoms with Crippen molar-refractivity contribution < 1.29 is 13.2 Å². The SMILES string of the molecule is O=S1(=O)c2cc3c(cc2Cc2cc4c5ccccc5n(-c5ccccc5)c4cc21)c1ccccc1n3-c1ccccc1.c1ccc(-n2c3ccccc3c3cc4c(cc32)C2(c3ccccc3Oc3ccccc32)c2cc3c(cc2-4)c2ccccc2n3-c2ccccc2)cc1.c1ccc(-n2c3ccccc3c3cc4c(cc32)Sc2cc3c(cc2C4)c2ccccc2n3-c2ccccc2)cc1. The molecule has 20 aromatic carbocycles. The first-order chi connectivity index (χ1) is 66.2. The van der Waals surface area contributed by atoms with Gasteiger partial charge in [-0.2, -0.15) is 0 Å². The van der Waals surface area contributed by atoms with Gasteiger partial charge in [-0.25, -0.2) is 8.42 Å². The van der Waals surface area contributed by atoms with Crippen LogP contribution in [0.3, 0.4) is 0 Å². The van der Waals surface area contributed by atoms with Gasteiger partial charge in [-0.15, -0.1) is 0 Å². The Kier molecular flexibility index (Phi) is 16.7. The maximum Gasteiger partial charge on any atom is 0.207 e. The predicted molar refractivity (Wildman–Crippen MR) is 551 cm³/mol. The molecule has 1 aliphatic carbocycles. The molecule has 0 fully saturated rings. The highest BCUT2D eigenvalue weighted by molar-refractivity contribution is 7.99. The third-order valence-electron chi connectivity index (χ3n) is 28.6. The lowest BCUT2D eigenvalue weighted by atomic mass is 9.66. The van der Waals surface area contributed by atoms with Crippen molar-refractivity contribution in [3.8, 4) is 56.8 Å². The molecule has 0 saturated heterocycles. The Labute approximate surface area is 775 Å². The standard InChI is InChI=1S/C49H30N2O.C37H24N2O2S.C37H24N2S/c1-3-15-31(16-4-1)50-43-23-11-7-19-33(43)37-27-35-36-28-38-34-20-8-12-24-44(34)51(32-17-5-2-6-18-32)46(38)30-42(36)49(41(35)29-45(37)50)39-21-9-13-25-47(39)52-48-26-14-10-22-40(48)49;40-42(41)36-22-34-30(28-15-7-9-17-32(28)38(34)26-11-3-1-4-12-26)20-24(36)19-25-21-31-29-16-8-10-18-33(29)39(35(31)23-37(25)42)27-13-5-2-6-14-27;1-3-11-26(12-4-1)38-32-17-9-7-15-28(32)30-20-24-19-25-21-31-29-16-8-10-18-33(29)39(27-13-5-2-6-14-27)35(31)23-37(25)40-36(24)22-34(30)38/h1-30H;1-18,20-23H,19H2;1-18,20-23H,19H2. The summed E-state index contributed by atoms with van der Waals surface area (Å²) in [6.45, 7) is 0. The molecule has 0 radical (unpaired) electrons. The van der Waals surface area contributed by atoms with Crippen LogP contribution in [0.5, 0.6) is 11.5 Å². The number of rotatable bonds is 6. The van der Waals surface area contributed by atoms with Gasteiger partial charge in [-0.3, -0.25) is 0 Å². The number of aromatic nitrogens is 6. The Hall–Kier alpha value is -16.7. The molecule has 0 unspecified atom stereocenters. The van der Waals surface area contributed by atoms with E-state index in [1.807, 2.05) is 84.6 Å². The van der Waals surface area contributed by atoms with Crippen molar-refractivity contribution in [3.63, 3.8) is 0 Å². The highest BCUT2D eigenvalue weighted by atomic mass is 32.2. The second kappa shape index (κ2) is 29.4. The number of benzene rings is 20. The van der Waals surface area contributed by atoms with Crippen LogP contribution < -0.4 is 4.74 Å². The average molecular weight is 1750 g/mol. The number of sulfone groups is 1. The van der Waals surface area contributed by atoms with Gasteiger partial charge in [0.25, 0.3) is 0 Å². The van der Waals surface area contributed by atoms with E-state index in [9.17, 15) is 8.42 Å². The molecule has 9 nitrogen and oxygen atoms in total. The van der Waals surface area contributed by atoms with Crippen LogP contribution >= 0.6 is 11.8 Å². The Bertz CT molecular complexity index is 9040. The van der Waals surface area contributed by atoms with E-state index in [4.69, 9.17) is 4.74 Å². The number of hydrogen-bond acceptors (Lipinski definition) is 4. The average Bonchev–Trinajstić information content (AvgIpc) is 1.49. The Morgan fingerprint density at radius 2 is 0.440 bits per heavy atom. The zero-order valence-corrected chi connectivity index (χ0v) is 74.0. The monoisotopic (exact) mass is 1750 g/mol. The zero-order chi connectivity index (χ0) is 88.2. The molecular weight excluding hydrogens is 1670 g/mol. The van der Waals surface area contributed by atoms with Crippen LogP contribution in [0.25, 0.3) is 176 Å². The lowest BCUT2D eigenvalue weighted by Gasteiger charge is -2.39. The number of hydrogen-bond donors (Lipinski definition) is 0. The van der Waals surface area contributed by atoms with Gasteiger partial charge in [-0.05, 0) is 245 Å². The van der Waals surface area contributed by atoms with E-state index in [-0.39, 0.29) is 0 Å². The van der Waals surface area contributed by atoms with Gasteiger partial charge in [0.2, 0.25) is 9.84 Å². The van der Waals surface area contributed by atoms with Crippen LogP contribution in [0.15, 0.2) is 468 Å². The molecule has 630 valence electrons. The molecule has 3 aliphatic heterocycles. The Morgan fingerprint density at radius 3 is 0.739 bits per heavy atom. The van der Waals surface area contributed by atoms with Gasteiger partial charge < -0.3 is 32.1 Å². The van der Waals surface area contributed by atoms with E-state index in [2.05, 4.69) is 404 Å². The fraction of sp³-hybridized carbons (Fsp3) is 0.0244. The van der Waals surface area contributed by atoms with Crippen LogP contribution in [-0.4, -0.2) is 35.8 Å². The van der Waals surface area contributed by atoms with Crippen molar-refractivity contribution in [1.82, 2.24) is 27.4 Å². The third-order valence-corrected chi connectivity index (χ3v) is 31.7. The summed E-state index contributed by atoms with van der Waals surface area (Å²) in [6, 6.07) is 160. The maximum atomic E-state index is 14.5. The minimum atomic E-state index is -3.78. The Balaban J connectivity index is 0.000000101. The van der Waals surface area contributed by atoms with Crippen molar-refractivity contribution in [2.45, 2.75) is 37.8 Å². The number of fused-ring (bicyclic) bond motifs is 31. The maximum absolute atomic E-state index is 14.5. The first kappa shape index (κ1) is 76.2. The topological polar surface area (TPSA) is 72.9 Å². The molecular formula is C123H78N6O3S2. The minimum absolute atomic E-state index is 0.393. The van der Waals surface area contributed by atoms with E-state index >= 15 is 0 Å². The van der Waals surface area contributed by atoms with Crippen molar-refractivity contribution in [1.29, 1.82) is 0 Å². The third kappa shape index (κ3) is 11.2. The van der Waals surface area contributed by atoms with Crippen LogP contribution in [0.2, 0.25) is 0 Å². The van der Waals surface area contributed by atoms with Gasteiger partial charge >= 0.3 is 0 Å². The van der Waals surface area contributed by atoms with E-state index in [0.717, 1.165) is 107 Å². The molecule has 11 heteroatoms. The molecule has 26 aromatic rings. The fourth-order valence-electron chi connectivity index (χ4n) is 23.0. The second-order valence-corrected chi connectivity index (χ2v) is 38.6. The van der Waals surface area contributed by atoms with Crippen molar-refractivity contribution in [3.05, 3.63) is 493 Å². The summed E-state index contributed by atoms with van der Waals surface area (Å²) >= 11 is 1.91. The molecule has 0 saturated carbocycles. The van der Waals surface area contributed by atoms with Gasteiger partial charge in [0.15, 0.2) is 0 Å². The fourth-order valence-corrected chi connectivity index (χ4v) is 25.8. The van der Waals surface area contributed by atoms with E-state index in [0.29, 0.717) is 16.2 Å². The van der Waals surface area contributed by atoms with Crippen LogP contribution in [0, 0.1) is 0 Å². The highest BCUT2D eigenvalue weighted by Gasteiger charge is 2.52. The smallest absolute Gasteiger partial charge is 0.207 e. The Morgan fingerprint density at radius 1 is 0.209 bits per heavy atom. The molecule has 0 atom stereocenters. The van der Waals surface area contributed by atoms with Gasteiger partial charge in [0, 0.05) is 126 Å². The highest BCUT2D eigenvalue weighted by Crippen LogP contribution is 2.64. The van der Waals surface area contributed by atoms with Gasteiger partial charge in [0.05, 0.1) is 81.4 Å². The summed E-state index contributed by atoms with van der Waals surface area (Å²) in [7, 11) is -3.78. The lowest BCUT2D eigenvalue weighted by Crippen LogP contribution is -2.32. The molecule has 30 rings (SSSR count). The summed E-state index contributed by atoms with van der Waals surface area (Å²) in [4.78, 5) is 3.48. The zero-order valence-electron chi connectivity index (χ0n) is 72.4. The molecule has 134 heavy (non-hydrogen) atoms. The summed E-state index contributed by atoms with van der Waals surface area (Å²) in [5.41, 5.74) is 31.8. The molecule has 0 N–H and O–H groups in total. The summed E-state index contributed by atoms with van der Waals surface area (Å²) in [5.74, 6) is 1.79. The number of nitrogens with zero attached hydrogens (tertiary/aromatic N) is 6. The van der Waals surface area contributed by atoms with Crippen molar-refractivity contribution >= 4 is 152 Å². The van der Waals surface area contributed by atoms with Crippen molar-refractivity contribution in [2.24, 2.45) is 0 Å². The molecule has 0 bridgehead atoms.